The predicted octanol–water partition coefficient (Wildman–Crippen LogP) is 2.54. The molecule has 3 rings (SSSR count). The Balaban J connectivity index is 1.77. The lowest BCUT2D eigenvalue weighted by Crippen LogP contribution is -2.33. The lowest BCUT2D eigenvalue weighted by atomic mass is 9.91. The second-order valence-corrected chi connectivity index (χ2v) is 6.49. The Morgan fingerprint density at radius 3 is 2.92 bits per heavy atom. The molecule has 0 spiro atoms. The molecule has 0 fully saturated rings. The molecule has 0 saturated heterocycles. The molecule has 0 bridgehead atoms. The van der Waals surface area contributed by atoms with E-state index in [1.807, 2.05) is 30.5 Å². The summed E-state index contributed by atoms with van der Waals surface area (Å²) in [6.07, 6.45) is 5.29. The van der Waals surface area contributed by atoms with Crippen LogP contribution in [0.25, 0.3) is 0 Å². The van der Waals surface area contributed by atoms with Crippen LogP contribution in [0.3, 0.4) is 0 Å². The zero-order valence-corrected chi connectivity index (χ0v) is 14.3. The highest BCUT2D eigenvalue weighted by Crippen LogP contribution is 2.32. The average Bonchev–Trinajstić information content (AvgIpc) is 2.60. The van der Waals surface area contributed by atoms with Crippen molar-refractivity contribution in [3.63, 3.8) is 0 Å². The monoisotopic (exact) mass is 324 g/mol. The van der Waals surface area contributed by atoms with E-state index in [1.54, 1.807) is 13.1 Å². The molecular weight excluding hydrogens is 300 g/mol. The number of carbonyl (C=O) groups is 1. The number of amides is 1. The predicted molar refractivity (Wildman–Crippen MR) is 94.1 cm³/mol. The number of benzene rings is 1. The summed E-state index contributed by atoms with van der Waals surface area (Å²) in [7, 11) is 3.68. The number of nitrogens with zero attached hydrogens (tertiary/aromatic N) is 3. The minimum absolute atomic E-state index is 0.177. The SMILES string of the molecule is CN(N)C(=O)c1cccc(CN(C)C2CCCc3cccnc32)c1. The number of rotatable bonds is 4. The summed E-state index contributed by atoms with van der Waals surface area (Å²) in [5.41, 5.74) is 4.27. The maximum Gasteiger partial charge on any atom is 0.267 e. The molecule has 5 nitrogen and oxygen atoms in total. The van der Waals surface area contributed by atoms with Crippen molar-refractivity contribution in [2.45, 2.75) is 31.8 Å². The summed E-state index contributed by atoms with van der Waals surface area (Å²) in [6, 6.07) is 12.2. The number of carbonyl (C=O) groups excluding carboxylic acids is 1. The standard InChI is InChI=1S/C19H24N4O/c1-22(17-10-4-7-15-9-5-11-21-18(15)17)13-14-6-3-8-16(12-14)19(24)23(2)20/h3,5-6,8-9,11-12,17H,4,7,10,13,20H2,1-2H3. The molecule has 1 aliphatic carbocycles. The number of hydrogen-bond acceptors (Lipinski definition) is 4. The second kappa shape index (κ2) is 7.11. The molecule has 1 aromatic carbocycles. The molecule has 1 amide bonds. The summed E-state index contributed by atoms with van der Waals surface area (Å²) in [4.78, 5) is 19.0. The van der Waals surface area contributed by atoms with Crippen LogP contribution in [-0.4, -0.2) is 34.9 Å². The van der Waals surface area contributed by atoms with Gasteiger partial charge in [-0.25, -0.2) is 5.84 Å². The summed E-state index contributed by atoms with van der Waals surface area (Å²) in [5, 5.41) is 1.12. The van der Waals surface area contributed by atoms with E-state index < -0.39 is 0 Å². The average molecular weight is 324 g/mol. The van der Waals surface area contributed by atoms with Crippen molar-refractivity contribution in [1.29, 1.82) is 0 Å². The number of fused-ring (bicyclic) bond motifs is 1. The van der Waals surface area contributed by atoms with Crippen molar-refractivity contribution >= 4 is 5.91 Å². The Kier molecular flexibility index (Phi) is 4.92. The maximum atomic E-state index is 12.0. The lowest BCUT2D eigenvalue weighted by molar-refractivity contribution is 0.0795. The van der Waals surface area contributed by atoms with Crippen molar-refractivity contribution < 1.29 is 4.79 Å². The van der Waals surface area contributed by atoms with Crippen LogP contribution in [-0.2, 0) is 13.0 Å². The summed E-state index contributed by atoms with van der Waals surface area (Å²) in [6.45, 7) is 0.774. The second-order valence-electron chi connectivity index (χ2n) is 6.49. The molecule has 2 aromatic rings. The minimum atomic E-state index is -0.177. The van der Waals surface area contributed by atoms with Gasteiger partial charge in [0.2, 0.25) is 0 Å². The van der Waals surface area contributed by atoms with E-state index in [9.17, 15) is 4.79 Å². The quantitative estimate of drug-likeness (QED) is 0.533. The Bertz CT molecular complexity index is 729. The third-order valence-corrected chi connectivity index (χ3v) is 4.62. The Morgan fingerprint density at radius 1 is 1.29 bits per heavy atom. The van der Waals surface area contributed by atoms with Crippen LogP contribution in [0.2, 0.25) is 0 Å². The Hall–Kier alpha value is -2.24. The number of pyridine rings is 1. The first-order valence-corrected chi connectivity index (χ1v) is 8.32. The fourth-order valence-corrected chi connectivity index (χ4v) is 3.42. The Morgan fingerprint density at radius 2 is 2.12 bits per heavy atom. The molecule has 1 unspecified atom stereocenters. The fraction of sp³-hybridized carbons (Fsp3) is 0.368. The highest BCUT2D eigenvalue weighted by Gasteiger charge is 2.25. The number of aromatic nitrogens is 1. The highest BCUT2D eigenvalue weighted by atomic mass is 16.2. The normalized spacial score (nSPS) is 16.8. The van der Waals surface area contributed by atoms with Crippen LogP contribution in [0.15, 0.2) is 42.6 Å². The molecule has 0 radical (unpaired) electrons. The molecule has 2 N–H and O–H groups in total. The smallest absolute Gasteiger partial charge is 0.267 e. The number of nitrogens with two attached hydrogens (primary N) is 1. The van der Waals surface area contributed by atoms with Crippen LogP contribution in [0, 0.1) is 0 Å². The van der Waals surface area contributed by atoms with E-state index in [1.165, 1.54) is 17.7 Å². The molecule has 0 aliphatic heterocycles. The van der Waals surface area contributed by atoms with Gasteiger partial charge < -0.3 is 0 Å². The van der Waals surface area contributed by atoms with Gasteiger partial charge in [0.25, 0.3) is 5.91 Å². The minimum Gasteiger partial charge on any atom is -0.294 e. The van der Waals surface area contributed by atoms with Crippen molar-refractivity contribution in [2.24, 2.45) is 5.84 Å². The Labute approximate surface area is 143 Å². The van der Waals surface area contributed by atoms with Crippen LogP contribution in [0.1, 0.15) is 46.1 Å². The van der Waals surface area contributed by atoms with Crippen LogP contribution >= 0.6 is 0 Å². The van der Waals surface area contributed by atoms with Crippen molar-refractivity contribution in [2.75, 3.05) is 14.1 Å². The lowest BCUT2D eigenvalue weighted by Gasteiger charge is -2.32. The van der Waals surface area contributed by atoms with E-state index in [4.69, 9.17) is 5.84 Å². The summed E-state index contributed by atoms with van der Waals surface area (Å²) < 4.78 is 0. The molecule has 24 heavy (non-hydrogen) atoms. The van der Waals surface area contributed by atoms with Gasteiger partial charge in [-0.2, -0.15) is 0 Å². The van der Waals surface area contributed by atoms with Crippen molar-refractivity contribution in [1.82, 2.24) is 14.9 Å². The molecule has 5 heteroatoms. The van der Waals surface area contributed by atoms with E-state index in [2.05, 4.69) is 23.0 Å². The largest absolute Gasteiger partial charge is 0.294 e. The summed E-state index contributed by atoms with van der Waals surface area (Å²) >= 11 is 0. The van der Waals surface area contributed by atoms with Crippen LogP contribution in [0.5, 0.6) is 0 Å². The molecular formula is C19H24N4O. The highest BCUT2D eigenvalue weighted by molar-refractivity contribution is 5.93. The van der Waals surface area contributed by atoms with E-state index >= 15 is 0 Å². The number of hydrazine groups is 1. The zero-order valence-electron chi connectivity index (χ0n) is 14.3. The van der Waals surface area contributed by atoms with Gasteiger partial charge in [-0.3, -0.25) is 19.7 Å². The van der Waals surface area contributed by atoms with Gasteiger partial charge in [0, 0.05) is 25.4 Å². The van der Waals surface area contributed by atoms with E-state index in [0.29, 0.717) is 11.6 Å². The zero-order chi connectivity index (χ0) is 17.1. The van der Waals surface area contributed by atoms with Crippen LogP contribution in [0.4, 0.5) is 0 Å². The van der Waals surface area contributed by atoms with Gasteiger partial charge in [0.1, 0.15) is 0 Å². The van der Waals surface area contributed by atoms with E-state index in [0.717, 1.165) is 30.0 Å². The molecule has 1 heterocycles. The third-order valence-electron chi connectivity index (χ3n) is 4.62. The van der Waals surface area contributed by atoms with Crippen molar-refractivity contribution in [3.8, 4) is 0 Å². The first-order valence-electron chi connectivity index (χ1n) is 8.32. The van der Waals surface area contributed by atoms with E-state index in [-0.39, 0.29) is 5.91 Å². The van der Waals surface area contributed by atoms with Gasteiger partial charge in [-0.05, 0) is 55.6 Å². The van der Waals surface area contributed by atoms with Gasteiger partial charge in [-0.1, -0.05) is 18.2 Å². The number of hydrogen-bond donors (Lipinski definition) is 1. The first-order chi connectivity index (χ1) is 11.6. The van der Waals surface area contributed by atoms with Gasteiger partial charge in [0.05, 0.1) is 11.7 Å². The molecule has 1 atom stereocenters. The van der Waals surface area contributed by atoms with Crippen molar-refractivity contribution in [3.05, 3.63) is 65.0 Å². The molecule has 126 valence electrons. The fourth-order valence-electron chi connectivity index (χ4n) is 3.42. The van der Waals surface area contributed by atoms with Gasteiger partial charge >= 0.3 is 0 Å². The van der Waals surface area contributed by atoms with Gasteiger partial charge in [-0.15, -0.1) is 0 Å². The van der Waals surface area contributed by atoms with Gasteiger partial charge in [0.15, 0.2) is 0 Å². The first kappa shape index (κ1) is 16.6. The molecule has 1 aliphatic rings. The summed E-state index contributed by atoms with van der Waals surface area (Å²) in [5.74, 6) is 5.38. The maximum absolute atomic E-state index is 12.0. The topological polar surface area (TPSA) is 62.5 Å². The molecule has 0 saturated carbocycles. The molecule has 1 aromatic heterocycles. The third kappa shape index (κ3) is 3.47. The number of aryl methyl sites for hydroxylation is 1. The van der Waals surface area contributed by atoms with Crippen LogP contribution < -0.4 is 5.84 Å².